The number of aryl methyl sites for hydroxylation is 1. The van der Waals surface area contributed by atoms with Crippen molar-refractivity contribution in [2.45, 2.75) is 45.1 Å². The lowest BCUT2D eigenvalue weighted by atomic mass is 9.54. The zero-order valence-electron chi connectivity index (χ0n) is 14.7. The maximum atomic E-state index is 12.8. The van der Waals surface area contributed by atoms with E-state index in [-0.39, 0.29) is 5.91 Å². The van der Waals surface area contributed by atoms with Gasteiger partial charge in [-0.2, -0.15) is 5.10 Å². The second-order valence-electron chi connectivity index (χ2n) is 8.44. The highest BCUT2D eigenvalue weighted by atomic mass is 16.1. The van der Waals surface area contributed by atoms with Crippen molar-refractivity contribution in [3.8, 4) is 5.69 Å². The summed E-state index contributed by atoms with van der Waals surface area (Å²) in [6.45, 7) is 2.02. The summed E-state index contributed by atoms with van der Waals surface area (Å²) in [7, 11) is 0. The van der Waals surface area contributed by atoms with Gasteiger partial charge in [0.15, 0.2) is 0 Å². The number of carbonyl (C=O) groups excluding carboxylic acids is 1. The summed E-state index contributed by atoms with van der Waals surface area (Å²) in [5.41, 5.74) is 2.87. The van der Waals surface area contributed by atoms with E-state index in [1.807, 2.05) is 48.3 Å². The van der Waals surface area contributed by atoms with Gasteiger partial charge in [0.05, 0.1) is 11.9 Å². The molecule has 130 valence electrons. The van der Waals surface area contributed by atoms with Gasteiger partial charge in [0.2, 0.25) is 0 Å². The fourth-order valence-corrected chi connectivity index (χ4v) is 5.72. The summed E-state index contributed by atoms with van der Waals surface area (Å²) in [6.07, 6.45) is 10.6. The molecule has 0 saturated heterocycles. The Balaban J connectivity index is 1.30. The number of hydrogen-bond acceptors (Lipinski definition) is 2. The molecule has 0 atom stereocenters. The molecule has 0 aliphatic heterocycles. The second-order valence-corrected chi connectivity index (χ2v) is 8.44. The molecular formula is C21H25N3O. The molecule has 1 N–H and O–H groups in total. The van der Waals surface area contributed by atoms with Crippen molar-refractivity contribution in [1.82, 2.24) is 15.1 Å². The van der Waals surface area contributed by atoms with Crippen LogP contribution in [0.1, 0.15) is 48.0 Å². The number of benzene rings is 1. The first-order chi connectivity index (χ1) is 12.2. The molecule has 0 unspecified atom stereocenters. The number of hydrogen-bond donors (Lipinski definition) is 1. The topological polar surface area (TPSA) is 46.9 Å². The van der Waals surface area contributed by atoms with Gasteiger partial charge in [-0.3, -0.25) is 4.79 Å². The Hall–Kier alpha value is -2.10. The lowest BCUT2D eigenvalue weighted by Gasteiger charge is -2.54. The number of nitrogens with one attached hydrogen (secondary N) is 1. The van der Waals surface area contributed by atoms with E-state index in [0.29, 0.717) is 17.9 Å². The van der Waals surface area contributed by atoms with Crippen molar-refractivity contribution in [2.24, 2.45) is 23.7 Å². The van der Waals surface area contributed by atoms with Crippen LogP contribution in [0.5, 0.6) is 0 Å². The predicted octanol–water partition coefficient (Wildman–Crippen LogP) is 3.74. The first-order valence-corrected chi connectivity index (χ1v) is 9.58. The fourth-order valence-electron chi connectivity index (χ4n) is 5.72. The van der Waals surface area contributed by atoms with E-state index in [1.165, 1.54) is 32.1 Å². The molecule has 4 aliphatic carbocycles. The molecule has 4 heteroatoms. The van der Waals surface area contributed by atoms with Gasteiger partial charge in [-0.25, -0.2) is 4.68 Å². The summed E-state index contributed by atoms with van der Waals surface area (Å²) in [5, 5.41) is 7.70. The Kier molecular flexibility index (Phi) is 3.47. The molecule has 1 aromatic heterocycles. The summed E-state index contributed by atoms with van der Waals surface area (Å²) >= 11 is 0. The van der Waals surface area contributed by atoms with Crippen molar-refractivity contribution in [1.29, 1.82) is 0 Å². The lowest BCUT2D eigenvalue weighted by Crippen LogP contribution is -2.55. The Morgan fingerprint density at radius 1 is 1.04 bits per heavy atom. The number of aromatic nitrogens is 2. The van der Waals surface area contributed by atoms with E-state index in [9.17, 15) is 4.79 Å². The minimum atomic E-state index is 0.0840. The Labute approximate surface area is 148 Å². The average molecular weight is 335 g/mol. The van der Waals surface area contributed by atoms with Gasteiger partial charge < -0.3 is 5.32 Å². The fraction of sp³-hybridized carbons (Fsp3) is 0.524. The van der Waals surface area contributed by atoms with Gasteiger partial charge in [0, 0.05) is 17.8 Å². The molecular weight excluding hydrogens is 310 g/mol. The van der Waals surface area contributed by atoms with Crippen molar-refractivity contribution in [3.63, 3.8) is 0 Å². The van der Waals surface area contributed by atoms with Crippen molar-refractivity contribution < 1.29 is 4.79 Å². The van der Waals surface area contributed by atoms with E-state index in [0.717, 1.165) is 28.7 Å². The van der Waals surface area contributed by atoms with E-state index in [4.69, 9.17) is 0 Å². The van der Waals surface area contributed by atoms with Crippen LogP contribution in [0, 0.1) is 30.6 Å². The molecule has 2 aromatic rings. The summed E-state index contributed by atoms with van der Waals surface area (Å²) in [4.78, 5) is 12.8. The van der Waals surface area contributed by atoms with E-state index >= 15 is 0 Å². The minimum absolute atomic E-state index is 0.0840. The predicted molar refractivity (Wildman–Crippen MR) is 96.6 cm³/mol. The van der Waals surface area contributed by atoms with Gasteiger partial charge in [0.25, 0.3) is 5.91 Å². The third-order valence-electron chi connectivity index (χ3n) is 6.63. The lowest BCUT2D eigenvalue weighted by molar-refractivity contribution is -0.0119. The van der Waals surface area contributed by atoms with Crippen LogP contribution in [-0.2, 0) is 0 Å². The van der Waals surface area contributed by atoms with Gasteiger partial charge in [-0.05, 0) is 92.5 Å². The zero-order valence-corrected chi connectivity index (χ0v) is 14.7. The average Bonchev–Trinajstić information content (AvgIpc) is 3.04. The van der Waals surface area contributed by atoms with Crippen LogP contribution < -0.4 is 5.32 Å². The quantitative estimate of drug-likeness (QED) is 0.929. The van der Waals surface area contributed by atoms with E-state index in [2.05, 4.69) is 10.4 Å². The molecule has 4 saturated carbocycles. The third kappa shape index (κ3) is 2.68. The van der Waals surface area contributed by atoms with Crippen LogP contribution in [0.4, 0.5) is 0 Å². The first kappa shape index (κ1) is 15.2. The Morgan fingerprint density at radius 2 is 1.68 bits per heavy atom. The second kappa shape index (κ2) is 5.72. The van der Waals surface area contributed by atoms with Crippen molar-refractivity contribution >= 4 is 5.91 Å². The maximum Gasteiger partial charge on any atom is 0.251 e. The van der Waals surface area contributed by atoms with Gasteiger partial charge >= 0.3 is 0 Å². The van der Waals surface area contributed by atoms with Gasteiger partial charge in [-0.15, -0.1) is 0 Å². The molecule has 0 radical (unpaired) electrons. The number of carbonyl (C=O) groups is 1. The molecule has 25 heavy (non-hydrogen) atoms. The van der Waals surface area contributed by atoms with E-state index < -0.39 is 0 Å². The minimum Gasteiger partial charge on any atom is -0.349 e. The van der Waals surface area contributed by atoms with Crippen molar-refractivity contribution in [2.75, 3.05) is 0 Å². The Morgan fingerprint density at radius 3 is 2.24 bits per heavy atom. The van der Waals surface area contributed by atoms with Crippen LogP contribution in [-0.4, -0.2) is 21.7 Å². The molecule has 4 nitrogen and oxygen atoms in total. The van der Waals surface area contributed by atoms with Gasteiger partial charge in [-0.1, -0.05) is 0 Å². The Bertz CT molecular complexity index is 764. The van der Waals surface area contributed by atoms with Crippen LogP contribution in [0.25, 0.3) is 5.69 Å². The molecule has 0 spiro atoms. The monoisotopic (exact) mass is 335 g/mol. The van der Waals surface area contributed by atoms with Crippen LogP contribution in [0.15, 0.2) is 36.7 Å². The first-order valence-electron chi connectivity index (χ1n) is 9.58. The van der Waals surface area contributed by atoms with Crippen molar-refractivity contribution in [3.05, 3.63) is 47.8 Å². The maximum absolute atomic E-state index is 12.8. The highest BCUT2D eigenvalue weighted by Gasteiger charge is 2.48. The van der Waals surface area contributed by atoms with Crippen LogP contribution in [0.2, 0.25) is 0 Å². The largest absolute Gasteiger partial charge is 0.349 e. The highest BCUT2D eigenvalue weighted by molar-refractivity contribution is 5.94. The molecule has 4 bridgehead atoms. The normalized spacial score (nSPS) is 32.8. The summed E-state index contributed by atoms with van der Waals surface area (Å²) in [5.74, 6) is 3.39. The standard InChI is InChI=1S/C21H25N3O/c1-13-11-22-24(12-13)19-4-2-16(3-5-19)21(25)23-20-17-7-14-6-15(9-17)10-18(20)8-14/h2-5,11-12,14-15,17-18,20H,6-10H2,1H3,(H,23,25). The number of amides is 1. The highest BCUT2D eigenvalue weighted by Crippen LogP contribution is 2.53. The zero-order chi connectivity index (χ0) is 17.0. The molecule has 4 fully saturated rings. The molecule has 4 aliphatic rings. The summed E-state index contributed by atoms with van der Waals surface area (Å²) < 4.78 is 1.84. The number of rotatable bonds is 3. The molecule has 1 aromatic carbocycles. The van der Waals surface area contributed by atoms with E-state index in [1.54, 1.807) is 0 Å². The number of nitrogens with zero attached hydrogens (tertiary/aromatic N) is 2. The third-order valence-corrected chi connectivity index (χ3v) is 6.63. The summed E-state index contributed by atoms with van der Waals surface area (Å²) in [6, 6.07) is 8.17. The van der Waals surface area contributed by atoms with Crippen LogP contribution >= 0.6 is 0 Å². The smallest absolute Gasteiger partial charge is 0.251 e. The molecule has 6 rings (SSSR count). The SMILES string of the molecule is Cc1cnn(-c2ccc(C(=O)NC3C4CC5CC(C4)CC3C5)cc2)c1. The van der Waals surface area contributed by atoms with Gasteiger partial charge in [0.1, 0.15) is 0 Å². The molecule has 1 amide bonds. The molecule has 1 heterocycles. The van der Waals surface area contributed by atoms with Crippen LogP contribution in [0.3, 0.4) is 0 Å².